The summed E-state index contributed by atoms with van der Waals surface area (Å²) >= 11 is 6.63. The highest BCUT2D eigenvalue weighted by Crippen LogP contribution is 2.35. The van der Waals surface area contributed by atoms with Gasteiger partial charge in [-0.05, 0) is 49.0 Å². The maximum Gasteiger partial charge on any atom is 0.305 e. The van der Waals surface area contributed by atoms with Gasteiger partial charge in [-0.25, -0.2) is 0 Å². The molecule has 1 aliphatic heterocycles. The first-order valence-corrected chi connectivity index (χ1v) is 11.8. The van der Waals surface area contributed by atoms with Gasteiger partial charge in [0.05, 0.1) is 25.2 Å². The Labute approximate surface area is 194 Å². The molecule has 0 aliphatic carbocycles. The molecule has 0 radical (unpaired) electrons. The van der Waals surface area contributed by atoms with E-state index in [0.717, 1.165) is 18.4 Å². The summed E-state index contributed by atoms with van der Waals surface area (Å²) in [7, 11) is 1.60. The number of thioether (sulfide) groups is 1. The number of rotatable bonds is 12. The van der Waals surface area contributed by atoms with Crippen LogP contribution in [0.15, 0.2) is 23.1 Å². The van der Waals surface area contributed by atoms with Gasteiger partial charge >= 0.3 is 5.97 Å². The molecule has 1 fully saturated rings. The molecule has 2 rings (SSSR count). The molecule has 1 heterocycles. The van der Waals surface area contributed by atoms with Crippen LogP contribution in [0, 0.1) is 5.92 Å². The molecule has 1 saturated heterocycles. The molecular weight excluding hydrogens is 434 g/mol. The number of esters is 1. The van der Waals surface area contributed by atoms with Crippen LogP contribution >= 0.6 is 24.0 Å². The molecule has 1 aromatic carbocycles. The third-order valence-corrected chi connectivity index (χ3v) is 5.92. The Kier molecular flexibility index (Phi) is 10.3. The summed E-state index contributed by atoms with van der Waals surface area (Å²) in [6.45, 7) is 7.69. The summed E-state index contributed by atoms with van der Waals surface area (Å²) in [5.41, 5.74) is 0.830. The summed E-state index contributed by atoms with van der Waals surface area (Å²) in [6.07, 6.45) is 4.34. The molecule has 31 heavy (non-hydrogen) atoms. The molecule has 6 nitrogen and oxygen atoms in total. The number of carbonyl (C=O) groups is 2. The first-order chi connectivity index (χ1) is 14.8. The number of carbonyl (C=O) groups excluding carboxylic acids is 2. The van der Waals surface area contributed by atoms with Gasteiger partial charge in [-0.1, -0.05) is 50.8 Å². The largest absolute Gasteiger partial charge is 0.493 e. The van der Waals surface area contributed by atoms with Crippen LogP contribution in [0.4, 0.5) is 0 Å². The minimum atomic E-state index is -0.245. The average Bonchev–Trinajstić information content (AvgIpc) is 3.00. The number of hydrogen-bond donors (Lipinski definition) is 0. The highest BCUT2D eigenvalue weighted by atomic mass is 32.2. The fraction of sp³-hybridized carbons (Fsp3) is 0.522. The fourth-order valence-corrected chi connectivity index (χ4v) is 4.12. The Bertz CT molecular complexity index is 822. The molecule has 0 saturated carbocycles. The zero-order chi connectivity index (χ0) is 22.8. The fourth-order valence-electron chi connectivity index (χ4n) is 2.81. The second-order valence-electron chi connectivity index (χ2n) is 7.60. The molecule has 0 spiro atoms. The second-order valence-corrected chi connectivity index (χ2v) is 9.27. The standard InChI is InChI=1S/C23H31NO5S2/c1-5-12-29-21(25)7-6-11-24-22(26)20(31-23(24)30)15-17-8-9-18(19(14-17)27-4)28-13-10-16(2)3/h8-9,14-16H,5-7,10-13H2,1-4H3/b20-15+. The van der Waals surface area contributed by atoms with Gasteiger partial charge in [0.25, 0.3) is 5.91 Å². The van der Waals surface area contributed by atoms with Crippen molar-refractivity contribution in [3.63, 3.8) is 0 Å². The quantitative estimate of drug-likeness (QED) is 0.243. The Morgan fingerprint density at radius 3 is 2.71 bits per heavy atom. The molecule has 170 valence electrons. The van der Waals surface area contributed by atoms with Crippen LogP contribution in [-0.4, -0.2) is 48.0 Å². The van der Waals surface area contributed by atoms with E-state index in [1.807, 2.05) is 25.1 Å². The van der Waals surface area contributed by atoms with Crippen molar-refractivity contribution in [2.75, 3.05) is 26.9 Å². The van der Waals surface area contributed by atoms with Gasteiger partial charge in [-0.15, -0.1) is 0 Å². The molecule has 1 aliphatic rings. The Morgan fingerprint density at radius 2 is 2.03 bits per heavy atom. The lowest BCUT2D eigenvalue weighted by Gasteiger charge is -2.14. The van der Waals surface area contributed by atoms with Gasteiger partial charge in [-0.3, -0.25) is 14.5 Å². The Hall–Kier alpha value is -2.06. The summed E-state index contributed by atoms with van der Waals surface area (Å²) in [4.78, 5) is 26.5. The molecule has 0 N–H and O–H groups in total. The zero-order valence-electron chi connectivity index (χ0n) is 18.6. The monoisotopic (exact) mass is 465 g/mol. The van der Waals surface area contributed by atoms with Crippen molar-refractivity contribution in [2.24, 2.45) is 5.92 Å². The van der Waals surface area contributed by atoms with E-state index in [4.69, 9.17) is 26.4 Å². The lowest BCUT2D eigenvalue weighted by Crippen LogP contribution is -2.29. The topological polar surface area (TPSA) is 65.1 Å². The van der Waals surface area contributed by atoms with E-state index >= 15 is 0 Å². The third kappa shape index (κ3) is 7.85. The lowest BCUT2D eigenvalue weighted by molar-refractivity contribution is -0.144. The van der Waals surface area contributed by atoms with Gasteiger partial charge in [0.2, 0.25) is 0 Å². The smallest absolute Gasteiger partial charge is 0.305 e. The van der Waals surface area contributed by atoms with Crippen molar-refractivity contribution in [2.45, 2.75) is 46.5 Å². The molecule has 0 atom stereocenters. The maximum atomic E-state index is 12.8. The van der Waals surface area contributed by atoms with Crippen molar-refractivity contribution < 1.29 is 23.8 Å². The van der Waals surface area contributed by atoms with Crippen molar-refractivity contribution in [1.82, 2.24) is 4.90 Å². The highest BCUT2D eigenvalue weighted by Gasteiger charge is 2.31. The van der Waals surface area contributed by atoms with Gasteiger partial charge in [0.1, 0.15) is 4.32 Å². The maximum absolute atomic E-state index is 12.8. The molecule has 0 aromatic heterocycles. The van der Waals surface area contributed by atoms with Crippen LogP contribution in [0.3, 0.4) is 0 Å². The first kappa shape index (κ1) is 25.2. The van der Waals surface area contributed by atoms with Gasteiger partial charge in [-0.2, -0.15) is 0 Å². The van der Waals surface area contributed by atoms with E-state index in [0.29, 0.717) is 52.8 Å². The van der Waals surface area contributed by atoms with Crippen LogP contribution in [-0.2, 0) is 14.3 Å². The number of amides is 1. The minimum Gasteiger partial charge on any atom is -0.493 e. The zero-order valence-corrected chi connectivity index (χ0v) is 20.3. The van der Waals surface area contributed by atoms with Crippen LogP contribution in [0.5, 0.6) is 11.5 Å². The normalized spacial score (nSPS) is 15.1. The number of methoxy groups -OCH3 is 1. The molecular formula is C23H31NO5S2. The van der Waals surface area contributed by atoms with E-state index in [1.165, 1.54) is 11.8 Å². The summed E-state index contributed by atoms with van der Waals surface area (Å²) in [6, 6.07) is 5.60. The van der Waals surface area contributed by atoms with Crippen LogP contribution in [0.2, 0.25) is 0 Å². The number of nitrogens with zero attached hydrogens (tertiary/aromatic N) is 1. The molecule has 0 unspecified atom stereocenters. The van der Waals surface area contributed by atoms with Crippen molar-refractivity contribution in [3.05, 3.63) is 28.7 Å². The predicted octanol–water partition coefficient (Wildman–Crippen LogP) is 5.05. The number of thiocarbonyl (C=S) groups is 1. The first-order valence-electron chi connectivity index (χ1n) is 10.6. The van der Waals surface area contributed by atoms with Crippen LogP contribution < -0.4 is 9.47 Å². The van der Waals surface area contributed by atoms with Gasteiger partial charge < -0.3 is 14.2 Å². The second kappa shape index (κ2) is 12.7. The SMILES string of the molecule is CCCOC(=O)CCCN1C(=O)/C(=C\c2ccc(OCCC(C)C)c(OC)c2)SC1=S. The lowest BCUT2D eigenvalue weighted by atomic mass is 10.1. The van der Waals surface area contributed by atoms with E-state index in [1.54, 1.807) is 18.1 Å². The van der Waals surface area contributed by atoms with E-state index in [9.17, 15) is 9.59 Å². The average molecular weight is 466 g/mol. The Morgan fingerprint density at radius 1 is 1.26 bits per heavy atom. The predicted molar refractivity (Wildman–Crippen MR) is 128 cm³/mol. The highest BCUT2D eigenvalue weighted by molar-refractivity contribution is 8.26. The summed E-state index contributed by atoms with van der Waals surface area (Å²) in [5, 5.41) is 0. The molecule has 1 amide bonds. The summed E-state index contributed by atoms with van der Waals surface area (Å²) < 4.78 is 16.8. The number of ether oxygens (including phenoxy) is 3. The van der Waals surface area contributed by atoms with E-state index < -0.39 is 0 Å². The Balaban J connectivity index is 1.99. The third-order valence-electron chi connectivity index (χ3n) is 4.54. The molecule has 1 aromatic rings. The number of benzene rings is 1. The van der Waals surface area contributed by atoms with Gasteiger partial charge in [0.15, 0.2) is 11.5 Å². The molecule has 0 bridgehead atoms. The minimum absolute atomic E-state index is 0.145. The number of hydrogen-bond acceptors (Lipinski definition) is 7. The molecule has 8 heteroatoms. The van der Waals surface area contributed by atoms with Crippen molar-refractivity contribution in [3.8, 4) is 11.5 Å². The van der Waals surface area contributed by atoms with Crippen molar-refractivity contribution in [1.29, 1.82) is 0 Å². The van der Waals surface area contributed by atoms with E-state index in [-0.39, 0.29) is 18.3 Å². The van der Waals surface area contributed by atoms with Crippen LogP contribution in [0.25, 0.3) is 6.08 Å². The van der Waals surface area contributed by atoms with Gasteiger partial charge in [0, 0.05) is 13.0 Å². The van der Waals surface area contributed by atoms with Crippen molar-refractivity contribution >= 4 is 46.3 Å². The van der Waals surface area contributed by atoms with Crippen LogP contribution in [0.1, 0.15) is 52.0 Å². The van der Waals surface area contributed by atoms with E-state index in [2.05, 4.69) is 13.8 Å². The summed E-state index contributed by atoms with van der Waals surface area (Å²) in [5.74, 6) is 1.48.